The second kappa shape index (κ2) is 7.32. The predicted molar refractivity (Wildman–Crippen MR) is 32.9 cm³/mol. The van der Waals surface area contributed by atoms with Crippen LogP contribution in [0.1, 0.15) is 0 Å². The molecule has 0 amide bonds. The Kier molecular flexibility index (Phi) is 10.2. The summed E-state index contributed by atoms with van der Waals surface area (Å²) in [6.45, 7) is 0. The van der Waals surface area contributed by atoms with Gasteiger partial charge in [-0.2, -0.15) is 0 Å². The van der Waals surface area contributed by atoms with E-state index in [2.05, 4.69) is 0 Å². The topological polar surface area (TPSA) is 0 Å². The number of hydrogen-bond acceptors (Lipinski definition) is 0. The normalized spacial score (nSPS) is 6.00. The van der Waals surface area contributed by atoms with E-state index < -0.39 is 0 Å². The smallest absolute Gasteiger partial charge is 0 e. The Morgan fingerprint density at radius 1 is 0.500 bits per heavy atom. The van der Waals surface area contributed by atoms with Crippen LogP contribution in [-0.4, -0.2) is 0 Å². The van der Waals surface area contributed by atoms with E-state index in [1.807, 2.05) is 36.4 Å². The van der Waals surface area contributed by atoms with E-state index in [1.165, 1.54) is 0 Å². The molecule has 1 aromatic rings. The van der Waals surface area contributed by atoms with Gasteiger partial charge in [-0.3, -0.25) is 0 Å². The molecule has 0 nitrogen and oxygen atoms in total. The molecule has 0 bridgehead atoms. The van der Waals surface area contributed by atoms with Gasteiger partial charge in [0.2, 0.25) is 0 Å². The molecule has 1 radical (unpaired) electrons. The molecular formula is C7H9Y-. The minimum Gasteiger partial charge on any atom is -0.358 e. The van der Waals surface area contributed by atoms with Crippen LogP contribution in [0.2, 0.25) is 0 Å². The van der Waals surface area contributed by atoms with E-state index >= 15 is 0 Å². The zero-order chi connectivity index (χ0) is 4.24. The summed E-state index contributed by atoms with van der Waals surface area (Å²) in [4.78, 5) is 0. The van der Waals surface area contributed by atoms with Gasteiger partial charge in [0, 0.05) is 32.7 Å². The second-order valence-electron chi connectivity index (χ2n) is 1.15. The standard InChI is InChI=1S/C6H6.CH3.Y/c1-2-4-6-5-3-1;;/h1-6H;1H3;/q;-1;. The molecule has 0 saturated heterocycles. The Morgan fingerprint density at radius 2 is 0.625 bits per heavy atom. The summed E-state index contributed by atoms with van der Waals surface area (Å²) >= 11 is 0. The molecule has 0 saturated carbocycles. The van der Waals surface area contributed by atoms with E-state index in [-0.39, 0.29) is 40.1 Å². The minimum absolute atomic E-state index is 0. The Labute approximate surface area is 76.2 Å². The third-order valence-electron chi connectivity index (χ3n) is 0.667. The van der Waals surface area contributed by atoms with Crippen LogP contribution < -0.4 is 0 Å². The summed E-state index contributed by atoms with van der Waals surface area (Å²) in [5, 5.41) is 0. The summed E-state index contributed by atoms with van der Waals surface area (Å²) in [6, 6.07) is 12.0. The molecule has 0 aliphatic heterocycles. The molecule has 0 aromatic heterocycles. The van der Waals surface area contributed by atoms with Crippen molar-refractivity contribution in [1.29, 1.82) is 0 Å². The molecule has 0 fully saturated rings. The molecule has 0 N–H and O–H groups in total. The first-order valence-electron chi connectivity index (χ1n) is 2.00. The zero-order valence-corrected chi connectivity index (χ0v) is 7.88. The predicted octanol–water partition coefficient (Wildman–Crippen LogP) is 2.13. The molecule has 1 heteroatoms. The van der Waals surface area contributed by atoms with Crippen LogP contribution in [0.5, 0.6) is 0 Å². The van der Waals surface area contributed by atoms with Crippen LogP contribution in [0, 0.1) is 7.43 Å². The average Bonchev–Trinajstić information content (AvgIpc) is 1.72. The molecule has 1 rings (SSSR count). The van der Waals surface area contributed by atoms with Crippen molar-refractivity contribution in [2.45, 2.75) is 0 Å². The van der Waals surface area contributed by atoms with Gasteiger partial charge in [-0.1, -0.05) is 36.4 Å². The molecule has 0 spiro atoms. The Morgan fingerprint density at radius 3 is 0.750 bits per heavy atom. The maximum absolute atomic E-state index is 2.00. The summed E-state index contributed by atoms with van der Waals surface area (Å²) in [6.07, 6.45) is 0. The van der Waals surface area contributed by atoms with E-state index in [0.717, 1.165) is 0 Å². The van der Waals surface area contributed by atoms with Crippen LogP contribution in [0.3, 0.4) is 0 Å². The van der Waals surface area contributed by atoms with E-state index in [0.29, 0.717) is 0 Å². The van der Waals surface area contributed by atoms with Gasteiger partial charge in [0.25, 0.3) is 0 Å². The van der Waals surface area contributed by atoms with Crippen LogP contribution >= 0.6 is 0 Å². The Bertz CT molecular complexity index is 76.3. The summed E-state index contributed by atoms with van der Waals surface area (Å²) in [5.74, 6) is 0. The molecule has 41 valence electrons. The van der Waals surface area contributed by atoms with E-state index in [4.69, 9.17) is 0 Å². The maximum atomic E-state index is 2.00. The van der Waals surface area contributed by atoms with Gasteiger partial charge in [0.15, 0.2) is 0 Å². The second-order valence-corrected chi connectivity index (χ2v) is 1.15. The largest absolute Gasteiger partial charge is 0.358 e. The van der Waals surface area contributed by atoms with Crippen molar-refractivity contribution in [3.8, 4) is 0 Å². The van der Waals surface area contributed by atoms with Crippen LogP contribution in [0.25, 0.3) is 0 Å². The van der Waals surface area contributed by atoms with Crippen molar-refractivity contribution in [1.82, 2.24) is 0 Å². The van der Waals surface area contributed by atoms with Crippen LogP contribution in [0.4, 0.5) is 0 Å². The molecule has 1 aromatic carbocycles. The average molecular weight is 182 g/mol. The van der Waals surface area contributed by atoms with Crippen LogP contribution in [0.15, 0.2) is 36.4 Å². The van der Waals surface area contributed by atoms with Gasteiger partial charge in [-0.25, -0.2) is 0 Å². The Balaban J connectivity index is 0. The summed E-state index contributed by atoms with van der Waals surface area (Å²) < 4.78 is 0. The van der Waals surface area contributed by atoms with Crippen molar-refractivity contribution in [3.63, 3.8) is 0 Å². The van der Waals surface area contributed by atoms with Gasteiger partial charge in [-0.15, -0.1) is 0 Å². The number of hydrogen-bond donors (Lipinski definition) is 0. The number of benzene rings is 1. The Hall–Kier alpha value is 0.324. The fraction of sp³-hybridized carbons (Fsp3) is 0. The first kappa shape index (κ1) is 11.2. The molecule has 0 aliphatic rings. The summed E-state index contributed by atoms with van der Waals surface area (Å²) in [7, 11) is 0. The van der Waals surface area contributed by atoms with Crippen molar-refractivity contribution < 1.29 is 32.7 Å². The van der Waals surface area contributed by atoms with Gasteiger partial charge >= 0.3 is 0 Å². The molecule has 8 heavy (non-hydrogen) atoms. The van der Waals surface area contributed by atoms with Crippen molar-refractivity contribution in [2.24, 2.45) is 0 Å². The first-order chi connectivity index (χ1) is 3.00. The van der Waals surface area contributed by atoms with E-state index in [9.17, 15) is 0 Å². The third kappa shape index (κ3) is 4.48. The zero-order valence-electron chi connectivity index (χ0n) is 5.04. The molecule has 0 atom stereocenters. The minimum atomic E-state index is 0. The molecule has 0 aliphatic carbocycles. The molecular weight excluding hydrogens is 173 g/mol. The molecule has 0 heterocycles. The van der Waals surface area contributed by atoms with E-state index in [1.54, 1.807) is 0 Å². The van der Waals surface area contributed by atoms with Gasteiger partial charge in [0.1, 0.15) is 0 Å². The SMILES string of the molecule is [CH3-].[Y].c1ccccc1. The van der Waals surface area contributed by atoms with Crippen LogP contribution in [-0.2, 0) is 32.7 Å². The third-order valence-corrected chi connectivity index (χ3v) is 0.667. The van der Waals surface area contributed by atoms with Gasteiger partial charge in [-0.05, 0) is 0 Å². The summed E-state index contributed by atoms with van der Waals surface area (Å²) in [5.41, 5.74) is 0. The van der Waals surface area contributed by atoms with Gasteiger partial charge < -0.3 is 7.43 Å². The fourth-order valence-electron chi connectivity index (χ4n) is 0.385. The quantitative estimate of drug-likeness (QED) is 0.539. The monoisotopic (exact) mass is 182 g/mol. The van der Waals surface area contributed by atoms with Crippen molar-refractivity contribution in [2.75, 3.05) is 0 Å². The van der Waals surface area contributed by atoms with Crippen molar-refractivity contribution in [3.05, 3.63) is 43.8 Å². The maximum Gasteiger partial charge on any atom is 0 e. The van der Waals surface area contributed by atoms with Crippen molar-refractivity contribution >= 4 is 0 Å². The fourth-order valence-corrected chi connectivity index (χ4v) is 0.385. The first-order valence-corrected chi connectivity index (χ1v) is 2.00. The van der Waals surface area contributed by atoms with Gasteiger partial charge in [0.05, 0.1) is 0 Å². The number of rotatable bonds is 0. The molecule has 0 unspecified atom stereocenters.